The average molecular weight is 291 g/mol. The zero-order valence-corrected chi connectivity index (χ0v) is 13.3. The van der Waals surface area contributed by atoms with Crippen LogP contribution in [-0.4, -0.2) is 25.0 Å². The Bertz CT molecular complexity index is 439. The normalized spacial score (nSPS) is 27.5. The molecule has 2 saturated carbocycles. The van der Waals surface area contributed by atoms with Crippen LogP contribution in [0.4, 0.5) is 5.69 Å². The molecule has 0 aliphatic heterocycles. The first kappa shape index (κ1) is 14.3. The average Bonchev–Trinajstić information content (AvgIpc) is 2.99. The molecule has 1 spiro atoms. The molecule has 1 aromatic rings. The maximum absolute atomic E-state index is 5.98. The topological polar surface area (TPSA) is 21.3 Å². The summed E-state index contributed by atoms with van der Waals surface area (Å²) in [7, 11) is 0. The van der Waals surface area contributed by atoms with Crippen molar-refractivity contribution in [1.29, 1.82) is 0 Å². The number of thioether (sulfide) groups is 1. The number of hydrogen-bond donors (Lipinski definition) is 1. The maximum atomic E-state index is 5.98. The molecule has 20 heavy (non-hydrogen) atoms. The molecule has 2 fully saturated rings. The third-order valence-corrected chi connectivity index (χ3v) is 5.86. The van der Waals surface area contributed by atoms with E-state index in [0.29, 0.717) is 17.6 Å². The molecule has 3 heteroatoms. The SMILES string of the molecule is CCOC1CC(Nc2ccc(SC)cc2)C12CCCC2. The molecule has 110 valence electrons. The van der Waals surface area contributed by atoms with E-state index in [2.05, 4.69) is 42.8 Å². The summed E-state index contributed by atoms with van der Waals surface area (Å²) in [5.41, 5.74) is 1.67. The van der Waals surface area contributed by atoms with Crippen LogP contribution in [0.25, 0.3) is 0 Å². The minimum absolute atomic E-state index is 0.411. The van der Waals surface area contributed by atoms with Gasteiger partial charge >= 0.3 is 0 Å². The molecule has 0 bridgehead atoms. The highest BCUT2D eigenvalue weighted by atomic mass is 32.2. The molecule has 2 aliphatic carbocycles. The van der Waals surface area contributed by atoms with Crippen LogP contribution in [0.3, 0.4) is 0 Å². The first-order valence-electron chi connectivity index (χ1n) is 7.80. The quantitative estimate of drug-likeness (QED) is 0.804. The maximum Gasteiger partial charge on any atom is 0.0670 e. The van der Waals surface area contributed by atoms with Gasteiger partial charge in [0.15, 0.2) is 0 Å². The minimum Gasteiger partial charge on any atom is -0.382 e. The Morgan fingerprint density at radius 2 is 1.95 bits per heavy atom. The molecule has 1 aromatic carbocycles. The van der Waals surface area contributed by atoms with Crippen LogP contribution in [0.5, 0.6) is 0 Å². The van der Waals surface area contributed by atoms with E-state index in [-0.39, 0.29) is 0 Å². The van der Waals surface area contributed by atoms with Crippen molar-refractivity contribution in [3.8, 4) is 0 Å². The predicted molar refractivity (Wildman–Crippen MR) is 86.6 cm³/mol. The Morgan fingerprint density at radius 3 is 2.55 bits per heavy atom. The standard InChI is InChI=1S/C17H25NOS/c1-3-19-16-12-15(17(16)10-4-5-11-17)18-13-6-8-14(20-2)9-7-13/h6-9,15-16,18H,3-5,10-12H2,1-2H3. The van der Waals surface area contributed by atoms with Gasteiger partial charge in [0.2, 0.25) is 0 Å². The Balaban J connectivity index is 1.67. The Labute approximate surface area is 126 Å². The van der Waals surface area contributed by atoms with E-state index in [4.69, 9.17) is 4.74 Å². The molecule has 2 unspecified atom stereocenters. The van der Waals surface area contributed by atoms with Gasteiger partial charge in [0.25, 0.3) is 0 Å². The predicted octanol–water partition coefficient (Wildman–Crippen LogP) is 4.56. The third-order valence-electron chi connectivity index (χ3n) is 5.12. The van der Waals surface area contributed by atoms with Crippen LogP contribution < -0.4 is 5.32 Å². The lowest BCUT2D eigenvalue weighted by molar-refractivity contribution is -0.114. The molecule has 3 rings (SSSR count). The van der Waals surface area contributed by atoms with Crippen LogP contribution in [0.2, 0.25) is 0 Å². The van der Waals surface area contributed by atoms with Crippen molar-refractivity contribution < 1.29 is 4.74 Å². The van der Waals surface area contributed by atoms with E-state index in [1.807, 2.05) is 0 Å². The number of ether oxygens (including phenoxy) is 1. The fraction of sp³-hybridized carbons (Fsp3) is 0.647. The van der Waals surface area contributed by atoms with Crippen molar-refractivity contribution in [3.05, 3.63) is 24.3 Å². The van der Waals surface area contributed by atoms with Gasteiger partial charge in [0.1, 0.15) is 0 Å². The molecule has 1 N–H and O–H groups in total. The summed E-state index contributed by atoms with van der Waals surface area (Å²) < 4.78 is 5.98. The largest absolute Gasteiger partial charge is 0.382 e. The zero-order valence-electron chi connectivity index (χ0n) is 12.5. The summed E-state index contributed by atoms with van der Waals surface area (Å²) in [6.07, 6.45) is 9.17. The molecule has 0 radical (unpaired) electrons. The summed E-state index contributed by atoms with van der Waals surface area (Å²) in [4.78, 5) is 1.33. The van der Waals surface area contributed by atoms with Crippen molar-refractivity contribution in [2.45, 2.75) is 56.1 Å². The lowest BCUT2D eigenvalue weighted by Crippen LogP contribution is -2.60. The first-order valence-corrected chi connectivity index (χ1v) is 9.03. The fourth-order valence-corrected chi connectivity index (χ4v) is 4.39. The molecule has 0 amide bonds. The second kappa shape index (κ2) is 5.98. The van der Waals surface area contributed by atoms with Crippen molar-refractivity contribution in [2.24, 2.45) is 5.41 Å². The molecular weight excluding hydrogens is 266 g/mol. The van der Waals surface area contributed by atoms with Gasteiger partial charge in [-0.15, -0.1) is 11.8 Å². The van der Waals surface area contributed by atoms with E-state index in [9.17, 15) is 0 Å². The number of rotatable bonds is 5. The monoisotopic (exact) mass is 291 g/mol. The van der Waals surface area contributed by atoms with Crippen LogP contribution in [0.15, 0.2) is 29.2 Å². The summed E-state index contributed by atoms with van der Waals surface area (Å²) in [6.45, 7) is 2.96. The summed E-state index contributed by atoms with van der Waals surface area (Å²) in [5.74, 6) is 0. The van der Waals surface area contributed by atoms with Gasteiger partial charge in [-0.05, 0) is 56.7 Å². The second-order valence-corrected chi connectivity index (χ2v) is 6.93. The van der Waals surface area contributed by atoms with Crippen LogP contribution >= 0.6 is 11.8 Å². The lowest BCUT2D eigenvalue weighted by atomic mass is 9.60. The van der Waals surface area contributed by atoms with E-state index in [1.165, 1.54) is 36.3 Å². The first-order chi connectivity index (χ1) is 9.78. The van der Waals surface area contributed by atoms with Gasteiger partial charge in [-0.3, -0.25) is 0 Å². The second-order valence-electron chi connectivity index (χ2n) is 6.05. The van der Waals surface area contributed by atoms with Crippen LogP contribution in [0.1, 0.15) is 39.0 Å². The van der Waals surface area contributed by atoms with Gasteiger partial charge in [-0.25, -0.2) is 0 Å². The summed E-state index contributed by atoms with van der Waals surface area (Å²) in [6, 6.07) is 9.42. The molecule has 0 heterocycles. The Hall–Kier alpha value is -0.670. The van der Waals surface area contributed by atoms with E-state index >= 15 is 0 Å². The van der Waals surface area contributed by atoms with Gasteiger partial charge in [0.05, 0.1) is 6.10 Å². The minimum atomic E-state index is 0.411. The fourth-order valence-electron chi connectivity index (χ4n) is 3.98. The molecule has 2 aliphatic rings. The molecule has 2 nitrogen and oxygen atoms in total. The molecule has 2 atom stereocenters. The number of benzene rings is 1. The highest BCUT2D eigenvalue weighted by molar-refractivity contribution is 7.98. The smallest absolute Gasteiger partial charge is 0.0670 e. The highest BCUT2D eigenvalue weighted by Crippen LogP contribution is 2.55. The molecule has 0 saturated heterocycles. The Kier molecular flexibility index (Phi) is 4.27. The Morgan fingerprint density at radius 1 is 1.25 bits per heavy atom. The van der Waals surface area contributed by atoms with Gasteiger partial charge in [0, 0.05) is 28.6 Å². The van der Waals surface area contributed by atoms with E-state index in [0.717, 1.165) is 13.0 Å². The van der Waals surface area contributed by atoms with Crippen LogP contribution in [-0.2, 0) is 4.74 Å². The van der Waals surface area contributed by atoms with Crippen molar-refractivity contribution >= 4 is 17.4 Å². The number of hydrogen-bond acceptors (Lipinski definition) is 3. The van der Waals surface area contributed by atoms with Gasteiger partial charge in [-0.1, -0.05) is 12.8 Å². The zero-order chi connectivity index (χ0) is 14.0. The van der Waals surface area contributed by atoms with Crippen LogP contribution in [0, 0.1) is 5.41 Å². The van der Waals surface area contributed by atoms with E-state index < -0.39 is 0 Å². The van der Waals surface area contributed by atoms with Crippen molar-refractivity contribution in [3.63, 3.8) is 0 Å². The summed E-state index contributed by atoms with van der Waals surface area (Å²) >= 11 is 1.79. The van der Waals surface area contributed by atoms with Crippen molar-refractivity contribution in [2.75, 3.05) is 18.2 Å². The number of anilines is 1. The molecular formula is C17H25NOS. The summed E-state index contributed by atoms with van der Waals surface area (Å²) in [5, 5.41) is 3.76. The molecule has 0 aromatic heterocycles. The van der Waals surface area contributed by atoms with Gasteiger partial charge in [-0.2, -0.15) is 0 Å². The lowest BCUT2D eigenvalue weighted by Gasteiger charge is -2.54. The van der Waals surface area contributed by atoms with E-state index in [1.54, 1.807) is 11.8 Å². The highest BCUT2D eigenvalue weighted by Gasteiger charge is 2.56. The number of nitrogens with one attached hydrogen (secondary N) is 1. The van der Waals surface area contributed by atoms with Gasteiger partial charge < -0.3 is 10.1 Å². The van der Waals surface area contributed by atoms with Crippen molar-refractivity contribution in [1.82, 2.24) is 0 Å². The third kappa shape index (κ3) is 2.46.